The van der Waals surface area contributed by atoms with Crippen molar-refractivity contribution in [3.05, 3.63) is 0 Å². The molecule has 0 unspecified atom stereocenters. The zero-order chi connectivity index (χ0) is 8.39. The summed E-state index contributed by atoms with van der Waals surface area (Å²) in [6, 6.07) is 1.29. The van der Waals surface area contributed by atoms with Gasteiger partial charge in [0.25, 0.3) is 0 Å². The predicted octanol–water partition coefficient (Wildman–Crippen LogP) is 0.0690. The molecule has 0 aliphatic carbocycles. The highest BCUT2D eigenvalue weighted by Crippen LogP contribution is 2.19. The van der Waals surface area contributed by atoms with E-state index in [1.807, 2.05) is 0 Å². The van der Waals surface area contributed by atoms with Crippen LogP contribution in [0.3, 0.4) is 0 Å². The van der Waals surface area contributed by atoms with Crippen molar-refractivity contribution >= 4 is 0 Å². The number of morpholine rings is 1. The van der Waals surface area contributed by atoms with Gasteiger partial charge in [-0.3, -0.25) is 0 Å². The SMILES string of the molecule is CN1CCC[C@@H]1[C@@H]1COCCN1. The van der Waals surface area contributed by atoms with E-state index < -0.39 is 0 Å². The molecule has 2 heterocycles. The molecule has 0 amide bonds. The van der Waals surface area contributed by atoms with Crippen LogP contribution >= 0.6 is 0 Å². The largest absolute Gasteiger partial charge is 0.378 e. The van der Waals surface area contributed by atoms with E-state index in [0.717, 1.165) is 19.8 Å². The molecule has 1 N–H and O–H groups in total. The average Bonchev–Trinajstić information content (AvgIpc) is 2.53. The molecule has 70 valence electrons. The number of ether oxygens (including phenoxy) is 1. The van der Waals surface area contributed by atoms with Crippen molar-refractivity contribution in [2.75, 3.05) is 33.4 Å². The zero-order valence-corrected chi connectivity index (χ0v) is 7.75. The lowest BCUT2D eigenvalue weighted by molar-refractivity contribution is 0.0502. The second-order valence-electron chi connectivity index (χ2n) is 3.83. The monoisotopic (exact) mass is 170 g/mol. The van der Waals surface area contributed by atoms with Gasteiger partial charge in [-0.15, -0.1) is 0 Å². The molecule has 2 rings (SSSR count). The number of likely N-dealkylation sites (N-methyl/N-ethyl adjacent to an activating group) is 1. The number of nitrogens with zero attached hydrogens (tertiary/aromatic N) is 1. The lowest BCUT2D eigenvalue weighted by atomic mass is 10.1. The van der Waals surface area contributed by atoms with Gasteiger partial charge in [0.05, 0.1) is 13.2 Å². The molecule has 2 aliphatic heterocycles. The number of hydrogen-bond acceptors (Lipinski definition) is 3. The first-order valence-corrected chi connectivity index (χ1v) is 4.89. The van der Waals surface area contributed by atoms with Crippen LogP contribution in [0.2, 0.25) is 0 Å². The highest BCUT2D eigenvalue weighted by Gasteiger charge is 2.30. The second kappa shape index (κ2) is 3.73. The van der Waals surface area contributed by atoms with Crippen molar-refractivity contribution < 1.29 is 4.74 Å². The summed E-state index contributed by atoms with van der Waals surface area (Å²) in [7, 11) is 2.22. The van der Waals surface area contributed by atoms with Crippen LogP contribution in [0.1, 0.15) is 12.8 Å². The minimum Gasteiger partial charge on any atom is -0.378 e. The van der Waals surface area contributed by atoms with Gasteiger partial charge in [0.1, 0.15) is 0 Å². The standard InChI is InChI=1S/C9H18N2O/c1-11-5-2-3-9(11)8-7-12-6-4-10-8/h8-10H,2-7H2,1H3/t8-,9+/m0/s1. The third-order valence-corrected chi connectivity index (χ3v) is 2.99. The molecule has 3 heteroatoms. The lowest BCUT2D eigenvalue weighted by Gasteiger charge is -2.32. The maximum atomic E-state index is 5.45. The van der Waals surface area contributed by atoms with Crippen LogP contribution in [-0.2, 0) is 4.74 Å². The number of likely N-dealkylation sites (tertiary alicyclic amines) is 1. The van der Waals surface area contributed by atoms with Gasteiger partial charge in [0.15, 0.2) is 0 Å². The molecule has 12 heavy (non-hydrogen) atoms. The van der Waals surface area contributed by atoms with E-state index in [4.69, 9.17) is 4.74 Å². The summed E-state index contributed by atoms with van der Waals surface area (Å²) >= 11 is 0. The fourth-order valence-electron chi connectivity index (χ4n) is 2.28. The molecule has 0 spiro atoms. The minimum absolute atomic E-state index is 0.575. The zero-order valence-electron chi connectivity index (χ0n) is 7.75. The van der Waals surface area contributed by atoms with Gasteiger partial charge < -0.3 is 15.0 Å². The Morgan fingerprint density at radius 3 is 3.00 bits per heavy atom. The van der Waals surface area contributed by atoms with E-state index in [0.29, 0.717) is 12.1 Å². The van der Waals surface area contributed by atoms with Crippen molar-refractivity contribution in [2.45, 2.75) is 24.9 Å². The summed E-state index contributed by atoms with van der Waals surface area (Å²) < 4.78 is 5.45. The maximum Gasteiger partial charge on any atom is 0.0635 e. The minimum atomic E-state index is 0.575. The molecule has 2 saturated heterocycles. The molecule has 0 bridgehead atoms. The summed E-state index contributed by atoms with van der Waals surface area (Å²) in [4.78, 5) is 2.45. The van der Waals surface area contributed by atoms with Gasteiger partial charge in [-0.2, -0.15) is 0 Å². The first-order chi connectivity index (χ1) is 5.88. The highest BCUT2D eigenvalue weighted by molar-refractivity contribution is 4.88. The van der Waals surface area contributed by atoms with E-state index in [9.17, 15) is 0 Å². The average molecular weight is 170 g/mol. The smallest absolute Gasteiger partial charge is 0.0635 e. The topological polar surface area (TPSA) is 24.5 Å². The van der Waals surface area contributed by atoms with Crippen LogP contribution in [0.25, 0.3) is 0 Å². The Hall–Kier alpha value is -0.120. The Balaban J connectivity index is 1.89. The Bertz CT molecular complexity index is 145. The summed E-state index contributed by atoms with van der Waals surface area (Å²) in [6.07, 6.45) is 2.68. The van der Waals surface area contributed by atoms with E-state index in [-0.39, 0.29) is 0 Å². The molecule has 0 radical (unpaired) electrons. The molecular weight excluding hydrogens is 152 g/mol. The molecule has 2 aliphatic rings. The lowest BCUT2D eigenvalue weighted by Crippen LogP contribution is -2.52. The van der Waals surface area contributed by atoms with Gasteiger partial charge >= 0.3 is 0 Å². The maximum absolute atomic E-state index is 5.45. The summed E-state index contributed by atoms with van der Waals surface area (Å²) in [5.74, 6) is 0. The van der Waals surface area contributed by atoms with Crippen LogP contribution in [0.4, 0.5) is 0 Å². The highest BCUT2D eigenvalue weighted by atomic mass is 16.5. The van der Waals surface area contributed by atoms with Crippen molar-refractivity contribution in [3.63, 3.8) is 0 Å². The van der Waals surface area contributed by atoms with Gasteiger partial charge in [0, 0.05) is 18.6 Å². The molecule has 0 aromatic carbocycles. The van der Waals surface area contributed by atoms with Crippen LogP contribution in [0.5, 0.6) is 0 Å². The second-order valence-corrected chi connectivity index (χ2v) is 3.83. The molecule has 0 aromatic rings. The fourth-order valence-corrected chi connectivity index (χ4v) is 2.28. The van der Waals surface area contributed by atoms with Crippen molar-refractivity contribution in [3.8, 4) is 0 Å². The number of hydrogen-bond donors (Lipinski definition) is 1. The first-order valence-electron chi connectivity index (χ1n) is 4.89. The summed E-state index contributed by atoms with van der Waals surface area (Å²) in [6.45, 7) is 4.06. The molecular formula is C9H18N2O. The van der Waals surface area contributed by atoms with E-state index in [2.05, 4.69) is 17.3 Å². The van der Waals surface area contributed by atoms with Gasteiger partial charge in [-0.1, -0.05) is 0 Å². The van der Waals surface area contributed by atoms with E-state index >= 15 is 0 Å². The van der Waals surface area contributed by atoms with Crippen molar-refractivity contribution in [2.24, 2.45) is 0 Å². The Morgan fingerprint density at radius 2 is 2.42 bits per heavy atom. The van der Waals surface area contributed by atoms with Crippen molar-refractivity contribution in [1.29, 1.82) is 0 Å². The van der Waals surface area contributed by atoms with Gasteiger partial charge in [-0.25, -0.2) is 0 Å². The van der Waals surface area contributed by atoms with Crippen molar-refractivity contribution in [1.82, 2.24) is 10.2 Å². The predicted molar refractivity (Wildman–Crippen MR) is 48.3 cm³/mol. The molecule has 2 fully saturated rings. The molecule has 2 atom stereocenters. The van der Waals surface area contributed by atoms with Crippen LogP contribution in [0.15, 0.2) is 0 Å². The van der Waals surface area contributed by atoms with E-state index in [1.165, 1.54) is 19.4 Å². The molecule has 0 aromatic heterocycles. The van der Waals surface area contributed by atoms with Gasteiger partial charge in [0.2, 0.25) is 0 Å². The third-order valence-electron chi connectivity index (χ3n) is 2.99. The molecule has 0 saturated carbocycles. The van der Waals surface area contributed by atoms with E-state index in [1.54, 1.807) is 0 Å². The molecule has 3 nitrogen and oxygen atoms in total. The Kier molecular flexibility index (Phi) is 2.63. The summed E-state index contributed by atoms with van der Waals surface area (Å²) in [5.41, 5.74) is 0. The van der Waals surface area contributed by atoms with Crippen LogP contribution in [-0.4, -0.2) is 50.3 Å². The number of nitrogens with one attached hydrogen (secondary N) is 1. The Labute approximate surface area is 74.1 Å². The fraction of sp³-hybridized carbons (Fsp3) is 1.00. The third kappa shape index (κ3) is 1.63. The van der Waals surface area contributed by atoms with Crippen LogP contribution < -0.4 is 5.32 Å². The first kappa shape index (κ1) is 8.48. The van der Waals surface area contributed by atoms with Gasteiger partial charge in [-0.05, 0) is 26.4 Å². The normalized spacial score (nSPS) is 38.8. The summed E-state index contributed by atoms with van der Waals surface area (Å²) in [5, 5.41) is 3.52. The number of rotatable bonds is 1. The Morgan fingerprint density at radius 1 is 1.50 bits per heavy atom. The van der Waals surface area contributed by atoms with Crippen LogP contribution in [0, 0.1) is 0 Å². The quantitative estimate of drug-likeness (QED) is 0.602.